The summed E-state index contributed by atoms with van der Waals surface area (Å²) in [5.41, 5.74) is 1.19. The van der Waals surface area contributed by atoms with E-state index in [1.165, 1.54) is 19.2 Å². The minimum absolute atomic E-state index is 0.0850. The summed E-state index contributed by atoms with van der Waals surface area (Å²) >= 11 is 0. The highest BCUT2D eigenvalue weighted by molar-refractivity contribution is 6.04. The third-order valence-electron chi connectivity index (χ3n) is 5.28. The smallest absolute Gasteiger partial charge is 0.261 e. The van der Waals surface area contributed by atoms with Gasteiger partial charge in [-0.2, -0.15) is 0 Å². The minimum Gasteiger partial charge on any atom is -0.494 e. The number of anilines is 1. The Labute approximate surface area is 158 Å². The Bertz CT molecular complexity index is 860. The van der Waals surface area contributed by atoms with E-state index in [0.29, 0.717) is 35.2 Å². The number of ether oxygens (including phenoxy) is 1. The Hall–Kier alpha value is -2.57. The van der Waals surface area contributed by atoms with Crippen molar-refractivity contribution in [2.45, 2.75) is 20.3 Å². The maximum absolute atomic E-state index is 13.8. The molecule has 1 aliphatic carbocycles. The number of hydrogen-bond acceptors (Lipinski definition) is 5. The van der Waals surface area contributed by atoms with Crippen LogP contribution in [0.2, 0.25) is 0 Å². The SMILES string of the molecule is COc1cc(-c2onc(N(C)C)c2C(=O)N(C)CC2CC2(C)C)ccc1F. The van der Waals surface area contributed by atoms with Crippen LogP contribution in [-0.4, -0.2) is 50.8 Å². The number of halogens is 1. The topological polar surface area (TPSA) is 58.8 Å². The lowest BCUT2D eigenvalue weighted by atomic mass is 10.1. The van der Waals surface area contributed by atoms with Gasteiger partial charge in [0.25, 0.3) is 5.91 Å². The second-order valence-electron chi connectivity index (χ2n) is 8.03. The number of carbonyl (C=O) groups is 1. The van der Waals surface area contributed by atoms with E-state index >= 15 is 0 Å². The molecule has 1 aromatic carbocycles. The van der Waals surface area contributed by atoms with Crippen molar-refractivity contribution in [1.82, 2.24) is 10.1 Å². The number of nitrogens with zero attached hydrogens (tertiary/aromatic N) is 3. The summed E-state index contributed by atoms with van der Waals surface area (Å²) in [6.45, 7) is 5.09. The van der Waals surface area contributed by atoms with Crippen molar-refractivity contribution in [3.8, 4) is 17.1 Å². The van der Waals surface area contributed by atoms with Gasteiger partial charge in [0.15, 0.2) is 23.1 Å². The molecule has 1 heterocycles. The summed E-state index contributed by atoms with van der Waals surface area (Å²) in [7, 11) is 6.78. The van der Waals surface area contributed by atoms with E-state index in [1.54, 1.807) is 37.0 Å². The van der Waals surface area contributed by atoms with Gasteiger partial charge in [-0.15, -0.1) is 0 Å². The third-order valence-corrected chi connectivity index (χ3v) is 5.28. The van der Waals surface area contributed by atoms with Crippen molar-refractivity contribution in [3.63, 3.8) is 0 Å². The number of aromatic nitrogens is 1. The highest BCUT2D eigenvalue weighted by Crippen LogP contribution is 2.51. The van der Waals surface area contributed by atoms with Crippen LogP contribution in [0, 0.1) is 17.2 Å². The van der Waals surface area contributed by atoms with Crippen LogP contribution in [0.4, 0.5) is 10.2 Å². The van der Waals surface area contributed by atoms with Gasteiger partial charge in [0.05, 0.1) is 7.11 Å². The van der Waals surface area contributed by atoms with Crippen LogP contribution >= 0.6 is 0 Å². The standard InChI is InChI=1S/C20H26FN3O3/c1-20(2)10-13(20)11-24(5)19(25)16-17(27-22-18(16)23(3)4)12-7-8-14(21)15(9-12)26-6/h7-9,13H,10-11H2,1-6H3. The van der Waals surface area contributed by atoms with Crippen LogP contribution in [-0.2, 0) is 0 Å². The predicted molar refractivity (Wildman–Crippen MR) is 102 cm³/mol. The molecule has 0 spiro atoms. The molecule has 1 saturated carbocycles. The maximum atomic E-state index is 13.8. The van der Waals surface area contributed by atoms with Gasteiger partial charge in [-0.3, -0.25) is 4.79 Å². The lowest BCUT2D eigenvalue weighted by Crippen LogP contribution is -2.31. The third kappa shape index (κ3) is 3.63. The molecule has 1 fully saturated rings. The molecule has 0 saturated heterocycles. The van der Waals surface area contributed by atoms with Gasteiger partial charge in [-0.1, -0.05) is 19.0 Å². The minimum atomic E-state index is -0.477. The second kappa shape index (κ2) is 6.87. The first-order chi connectivity index (χ1) is 12.7. The Balaban J connectivity index is 1.98. The van der Waals surface area contributed by atoms with Crippen molar-refractivity contribution in [3.05, 3.63) is 29.6 Å². The molecule has 146 valence electrons. The first-order valence-corrected chi connectivity index (χ1v) is 8.92. The highest BCUT2D eigenvalue weighted by atomic mass is 19.1. The molecule has 1 unspecified atom stereocenters. The van der Waals surface area contributed by atoms with Crippen LogP contribution in [0.3, 0.4) is 0 Å². The lowest BCUT2D eigenvalue weighted by molar-refractivity contribution is 0.0785. The van der Waals surface area contributed by atoms with Crippen molar-refractivity contribution in [2.75, 3.05) is 39.7 Å². The molecule has 1 aromatic heterocycles. The van der Waals surface area contributed by atoms with E-state index in [-0.39, 0.29) is 17.1 Å². The maximum Gasteiger partial charge on any atom is 0.261 e. The van der Waals surface area contributed by atoms with Crippen molar-refractivity contribution in [1.29, 1.82) is 0 Å². The molecule has 0 aliphatic heterocycles. The van der Waals surface area contributed by atoms with Gasteiger partial charge < -0.3 is 19.1 Å². The molecule has 2 aromatic rings. The molecule has 6 nitrogen and oxygen atoms in total. The molecule has 0 radical (unpaired) electrons. The zero-order valence-electron chi connectivity index (χ0n) is 16.7. The molecular weight excluding hydrogens is 349 g/mol. The van der Waals surface area contributed by atoms with Crippen molar-refractivity contribution >= 4 is 11.7 Å². The van der Waals surface area contributed by atoms with Crippen LogP contribution in [0.15, 0.2) is 22.7 Å². The van der Waals surface area contributed by atoms with E-state index < -0.39 is 5.82 Å². The molecule has 0 N–H and O–H groups in total. The first-order valence-electron chi connectivity index (χ1n) is 8.92. The zero-order chi connectivity index (χ0) is 19.9. The molecule has 1 amide bonds. The van der Waals surface area contributed by atoms with E-state index in [2.05, 4.69) is 19.0 Å². The number of benzene rings is 1. The fourth-order valence-corrected chi connectivity index (χ4v) is 3.27. The van der Waals surface area contributed by atoms with Crippen molar-refractivity contribution in [2.24, 2.45) is 11.3 Å². The average Bonchev–Trinajstić information content (AvgIpc) is 3.03. The largest absolute Gasteiger partial charge is 0.494 e. The van der Waals surface area contributed by atoms with E-state index in [1.807, 2.05) is 0 Å². The van der Waals surface area contributed by atoms with Gasteiger partial charge in [0.1, 0.15) is 5.56 Å². The van der Waals surface area contributed by atoms with Crippen molar-refractivity contribution < 1.29 is 18.4 Å². The van der Waals surface area contributed by atoms with Crippen LogP contribution < -0.4 is 9.64 Å². The molecule has 7 heteroatoms. The monoisotopic (exact) mass is 375 g/mol. The predicted octanol–water partition coefficient (Wildman–Crippen LogP) is 3.67. The number of carbonyl (C=O) groups excluding carboxylic acids is 1. The summed E-state index contributed by atoms with van der Waals surface area (Å²) in [4.78, 5) is 16.7. The van der Waals surface area contributed by atoms with E-state index in [9.17, 15) is 9.18 Å². The van der Waals surface area contributed by atoms with Crippen LogP contribution in [0.1, 0.15) is 30.6 Å². The number of amides is 1. The molecule has 1 aliphatic rings. The Morgan fingerprint density at radius 2 is 2.04 bits per heavy atom. The zero-order valence-corrected chi connectivity index (χ0v) is 16.7. The summed E-state index contributed by atoms with van der Waals surface area (Å²) in [6, 6.07) is 4.35. The van der Waals surface area contributed by atoms with E-state index in [0.717, 1.165) is 6.42 Å². The van der Waals surface area contributed by atoms with Gasteiger partial charge in [-0.25, -0.2) is 4.39 Å². The summed E-state index contributed by atoms with van der Waals surface area (Å²) in [6.07, 6.45) is 1.11. The van der Waals surface area contributed by atoms with Gasteiger partial charge in [-0.05, 0) is 36.0 Å². The normalized spacial score (nSPS) is 17.5. The van der Waals surface area contributed by atoms with Gasteiger partial charge >= 0.3 is 0 Å². The fraction of sp³-hybridized carbons (Fsp3) is 0.500. The quantitative estimate of drug-likeness (QED) is 0.771. The van der Waals surface area contributed by atoms with Gasteiger partial charge in [0.2, 0.25) is 0 Å². The van der Waals surface area contributed by atoms with Crippen LogP contribution in [0.25, 0.3) is 11.3 Å². The average molecular weight is 375 g/mol. The Morgan fingerprint density at radius 1 is 1.37 bits per heavy atom. The summed E-state index contributed by atoms with van der Waals surface area (Å²) < 4.78 is 24.3. The Kier molecular flexibility index (Phi) is 4.88. The molecular formula is C20H26FN3O3. The molecule has 0 bridgehead atoms. The number of rotatable bonds is 6. The molecule has 1 atom stereocenters. The summed E-state index contributed by atoms with van der Waals surface area (Å²) in [5, 5.41) is 4.07. The molecule has 3 rings (SSSR count). The Morgan fingerprint density at radius 3 is 2.59 bits per heavy atom. The highest BCUT2D eigenvalue weighted by Gasteiger charge is 2.46. The summed E-state index contributed by atoms with van der Waals surface area (Å²) in [5.74, 6) is 0.685. The van der Waals surface area contributed by atoms with Gasteiger partial charge in [0, 0.05) is 33.3 Å². The lowest BCUT2D eigenvalue weighted by Gasteiger charge is -2.19. The number of hydrogen-bond donors (Lipinski definition) is 0. The van der Waals surface area contributed by atoms with E-state index in [4.69, 9.17) is 9.26 Å². The number of methoxy groups -OCH3 is 1. The second-order valence-corrected chi connectivity index (χ2v) is 8.03. The van der Waals surface area contributed by atoms with Crippen LogP contribution in [0.5, 0.6) is 5.75 Å². The molecule has 27 heavy (non-hydrogen) atoms. The first kappa shape index (κ1) is 19.2. The fourth-order valence-electron chi connectivity index (χ4n) is 3.27.